The summed E-state index contributed by atoms with van der Waals surface area (Å²) in [7, 11) is 0. The fraction of sp³-hybridized carbons (Fsp3) is 0.429. The lowest BCUT2D eigenvalue weighted by atomic mass is 10.2. The van der Waals surface area contributed by atoms with Gasteiger partial charge in [-0.25, -0.2) is 0 Å². The van der Waals surface area contributed by atoms with E-state index in [1.807, 2.05) is 35.3 Å². The van der Waals surface area contributed by atoms with Gasteiger partial charge < -0.3 is 5.32 Å². The second-order valence-electron chi connectivity index (χ2n) is 5.00. The van der Waals surface area contributed by atoms with Gasteiger partial charge in [-0.15, -0.1) is 0 Å². The van der Waals surface area contributed by atoms with Crippen molar-refractivity contribution in [3.8, 4) is 0 Å². The molecule has 0 saturated carbocycles. The molecule has 4 nitrogen and oxygen atoms in total. The van der Waals surface area contributed by atoms with Crippen LogP contribution in [-0.2, 0) is 13.1 Å². The van der Waals surface area contributed by atoms with Gasteiger partial charge in [-0.3, -0.25) is 9.67 Å². The molecule has 2 aromatic rings. The molecular formula is C14H19BrN4. The first-order valence-corrected chi connectivity index (χ1v) is 7.26. The minimum atomic E-state index is 0.661. The van der Waals surface area contributed by atoms with Crippen molar-refractivity contribution in [3.05, 3.63) is 46.5 Å². The molecule has 5 heteroatoms. The summed E-state index contributed by atoms with van der Waals surface area (Å²) in [5.74, 6) is 0.661. The van der Waals surface area contributed by atoms with Crippen LogP contribution < -0.4 is 5.32 Å². The Morgan fingerprint density at radius 2 is 2.11 bits per heavy atom. The molecule has 19 heavy (non-hydrogen) atoms. The number of hydrogen-bond acceptors (Lipinski definition) is 3. The van der Waals surface area contributed by atoms with Crippen molar-refractivity contribution in [1.82, 2.24) is 20.1 Å². The zero-order valence-corrected chi connectivity index (χ0v) is 12.9. The smallest absolute Gasteiger partial charge is 0.0831 e. The summed E-state index contributed by atoms with van der Waals surface area (Å²) in [6, 6.07) is 6.05. The van der Waals surface area contributed by atoms with Crippen LogP contribution in [0.1, 0.15) is 25.2 Å². The van der Waals surface area contributed by atoms with Crippen molar-refractivity contribution < 1.29 is 0 Å². The Morgan fingerprint density at radius 3 is 2.79 bits per heavy atom. The molecule has 0 aliphatic rings. The van der Waals surface area contributed by atoms with Crippen molar-refractivity contribution in [2.45, 2.75) is 26.9 Å². The molecule has 2 heterocycles. The number of hydrogen-bond donors (Lipinski definition) is 1. The highest BCUT2D eigenvalue weighted by Crippen LogP contribution is 2.08. The maximum Gasteiger partial charge on any atom is 0.0831 e. The van der Waals surface area contributed by atoms with Crippen molar-refractivity contribution in [1.29, 1.82) is 0 Å². The summed E-state index contributed by atoms with van der Waals surface area (Å²) in [4.78, 5) is 4.34. The molecule has 0 bridgehead atoms. The van der Waals surface area contributed by atoms with E-state index >= 15 is 0 Å². The average molecular weight is 323 g/mol. The van der Waals surface area contributed by atoms with Crippen molar-refractivity contribution in [2.24, 2.45) is 5.92 Å². The van der Waals surface area contributed by atoms with Gasteiger partial charge in [-0.05, 0) is 46.6 Å². The maximum absolute atomic E-state index is 4.53. The van der Waals surface area contributed by atoms with Gasteiger partial charge in [-0.1, -0.05) is 13.8 Å². The molecule has 1 N–H and O–H groups in total. The van der Waals surface area contributed by atoms with Crippen molar-refractivity contribution in [3.63, 3.8) is 0 Å². The van der Waals surface area contributed by atoms with Gasteiger partial charge in [0.1, 0.15) is 0 Å². The fourth-order valence-electron chi connectivity index (χ4n) is 1.74. The molecule has 0 atom stereocenters. The van der Waals surface area contributed by atoms with E-state index in [2.05, 4.69) is 45.2 Å². The molecule has 0 fully saturated rings. The van der Waals surface area contributed by atoms with Gasteiger partial charge in [0.2, 0.25) is 0 Å². The Morgan fingerprint density at radius 1 is 1.26 bits per heavy atom. The number of pyridine rings is 1. The van der Waals surface area contributed by atoms with Gasteiger partial charge in [-0.2, -0.15) is 5.10 Å². The highest BCUT2D eigenvalue weighted by atomic mass is 79.9. The Labute approximate surface area is 122 Å². The van der Waals surface area contributed by atoms with Crippen LogP contribution >= 0.6 is 15.9 Å². The van der Waals surface area contributed by atoms with E-state index in [4.69, 9.17) is 0 Å². The average Bonchev–Trinajstić information content (AvgIpc) is 2.79. The zero-order chi connectivity index (χ0) is 13.7. The highest BCUT2D eigenvalue weighted by Gasteiger charge is 2.01. The molecule has 0 radical (unpaired) electrons. The summed E-state index contributed by atoms with van der Waals surface area (Å²) in [5, 5.41) is 7.92. The predicted molar refractivity (Wildman–Crippen MR) is 79.8 cm³/mol. The van der Waals surface area contributed by atoms with E-state index in [1.165, 1.54) is 0 Å². The summed E-state index contributed by atoms with van der Waals surface area (Å²) in [6.07, 6.45) is 3.81. The largest absolute Gasteiger partial charge is 0.311 e. The Bertz CT molecular complexity index is 504. The molecule has 0 aromatic carbocycles. The number of nitrogens with one attached hydrogen (secondary N) is 1. The second kappa shape index (κ2) is 6.82. The monoisotopic (exact) mass is 322 g/mol. The van der Waals surface area contributed by atoms with Crippen LogP contribution in [0, 0.1) is 5.92 Å². The maximum atomic E-state index is 4.53. The minimum Gasteiger partial charge on any atom is -0.311 e. The van der Waals surface area contributed by atoms with Crippen LogP contribution in [-0.4, -0.2) is 21.3 Å². The fourth-order valence-corrected chi connectivity index (χ4v) is 1.98. The molecule has 0 spiro atoms. The van der Waals surface area contributed by atoms with E-state index in [0.29, 0.717) is 12.5 Å². The van der Waals surface area contributed by atoms with Crippen LogP contribution in [0.25, 0.3) is 0 Å². The number of rotatable bonds is 6. The van der Waals surface area contributed by atoms with E-state index in [-0.39, 0.29) is 0 Å². The lowest BCUT2D eigenvalue weighted by Gasteiger charge is -2.05. The van der Waals surface area contributed by atoms with Crippen LogP contribution in [0.2, 0.25) is 0 Å². The summed E-state index contributed by atoms with van der Waals surface area (Å²) < 4.78 is 2.91. The van der Waals surface area contributed by atoms with E-state index in [0.717, 1.165) is 29.0 Å². The molecule has 0 aliphatic heterocycles. The SMILES string of the molecule is CC(C)CNCc1ccn(Cc2ccc(Br)cn2)n1. The Kier molecular flexibility index (Phi) is 5.10. The molecular weight excluding hydrogens is 304 g/mol. The summed E-state index contributed by atoms with van der Waals surface area (Å²) in [6.45, 7) is 6.94. The first-order valence-electron chi connectivity index (χ1n) is 6.47. The van der Waals surface area contributed by atoms with Crippen molar-refractivity contribution in [2.75, 3.05) is 6.54 Å². The molecule has 0 aliphatic carbocycles. The molecule has 0 unspecified atom stereocenters. The van der Waals surface area contributed by atoms with Gasteiger partial charge >= 0.3 is 0 Å². The van der Waals surface area contributed by atoms with E-state index in [1.54, 1.807) is 0 Å². The number of aromatic nitrogens is 3. The predicted octanol–water partition coefficient (Wildman–Crippen LogP) is 2.83. The molecule has 0 saturated heterocycles. The Hall–Kier alpha value is -1.20. The van der Waals surface area contributed by atoms with Crippen LogP contribution in [0.5, 0.6) is 0 Å². The van der Waals surface area contributed by atoms with Crippen LogP contribution in [0.3, 0.4) is 0 Å². The molecule has 2 aromatic heterocycles. The van der Waals surface area contributed by atoms with E-state index in [9.17, 15) is 0 Å². The molecule has 0 amide bonds. The first-order chi connectivity index (χ1) is 9.13. The number of halogens is 1. The second-order valence-corrected chi connectivity index (χ2v) is 5.91. The first kappa shape index (κ1) is 14.2. The normalized spacial score (nSPS) is 11.2. The van der Waals surface area contributed by atoms with Crippen LogP contribution in [0.15, 0.2) is 35.1 Å². The van der Waals surface area contributed by atoms with Gasteiger partial charge in [0.05, 0.1) is 17.9 Å². The third-order valence-electron chi connectivity index (χ3n) is 2.67. The summed E-state index contributed by atoms with van der Waals surface area (Å²) in [5.41, 5.74) is 2.07. The molecule has 102 valence electrons. The third-order valence-corrected chi connectivity index (χ3v) is 3.14. The van der Waals surface area contributed by atoms with E-state index < -0.39 is 0 Å². The zero-order valence-electron chi connectivity index (χ0n) is 11.3. The summed E-state index contributed by atoms with van der Waals surface area (Å²) >= 11 is 3.38. The lowest BCUT2D eigenvalue weighted by molar-refractivity contribution is 0.542. The van der Waals surface area contributed by atoms with Gasteiger partial charge in [0, 0.05) is 23.4 Å². The Balaban J connectivity index is 1.88. The number of nitrogens with zero attached hydrogens (tertiary/aromatic N) is 3. The molecule has 2 rings (SSSR count). The van der Waals surface area contributed by atoms with Gasteiger partial charge in [0.15, 0.2) is 0 Å². The topological polar surface area (TPSA) is 42.7 Å². The van der Waals surface area contributed by atoms with Crippen molar-refractivity contribution >= 4 is 15.9 Å². The van der Waals surface area contributed by atoms with Gasteiger partial charge in [0.25, 0.3) is 0 Å². The third kappa shape index (κ3) is 4.76. The lowest BCUT2D eigenvalue weighted by Crippen LogP contribution is -2.19. The standard InChI is InChI=1S/C14H19BrN4/c1-11(2)7-16-9-13-5-6-19(18-13)10-14-4-3-12(15)8-17-14/h3-6,8,11,16H,7,9-10H2,1-2H3. The minimum absolute atomic E-state index is 0.661. The highest BCUT2D eigenvalue weighted by molar-refractivity contribution is 9.10. The quantitative estimate of drug-likeness (QED) is 0.889. The van der Waals surface area contributed by atoms with Crippen LogP contribution in [0.4, 0.5) is 0 Å².